The Labute approximate surface area is 107 Å². The van der Waals surface area contributed by atoms with Gasteiger partial charge in [-0.25, -0.2) is 4.79 Å². The highest BCUT2D eigenvalue weighted by molar-refractivity contribution is 6.38. The quantitative estimate of drug-likeness (QED) is 0.885. The summed E-state index contributed by atoms with van der Waals surface area (Å²) in [6, 6.07) is 2.75. The molecule has 17 heavy (non-hydrogen) atoms. The maximum Gasteiger partial charge on any atom is 0.339 e. The van der Waals surface area contributed by atoms with Crippen LogP contribution in [-0.2, 0) is 9.53 Å². The van der Waals surface area contributed by atoms with Gasteiger partial charge in [0, 0.05) is 7.11 Å². The van der Waals surface area contributed by atoms with Crippen molar-refractivity contribution in [2.24, 2.45) is 0 Å². The van der Waals surface area contributed by atoms with Crippen molar-refractivity contribution in [3.8, 4) is 0 Å². The SMILES string of the molecule is COCC(=O)Nc1c(Cl)ccc(Cl)c1C(=O)O. The van der Waals surface area contributed by atoms with E-state index in [2.05, 4.69) is 10.1 Å². The van der Waals surface area contributed by atoms with E-state index in [-0.39, 0.29) is 27.9 Å². The van der Waals surface area contributed by atoms with Crippen LogP contribution in [0, 0.1) is 0 Å². The molecule has 0 aromatic heterocycles. The summed E-state index contributed by atoms with van der Waals surface area (Å²) in [6.45, 7) is -0.206. The number of benzene rings is 1. The molecular formula is C10H9Cl2NO4. The summed E-state index contributed by atoms with van der Waals surface area (Å²) in [7, 11) is 1.34. The van der Waals surface area contributed by atoms with Gasteiger partial charge >= 0.3 is 5.97 Å². The fraction of sp³-hybridized carbons (Fsp3) is 0.200. The van der Waals surface area contributed by atoms with Crippen molar-refractivity contribution in [1.82, 2.24) is 0 Å². The van der Waals surface area contributed by atoms with Crippen molar-refractivity contribution in [2.75, 3.05) is 19.0 Å². The van der Waals surface area contributed by atoms with E-state index in [9.17, 15) is 9.59 Å². The van der Waals surface area contributed by atoms with E-state index in [0.29, 0.717) is 0 Å². The maximum atomic E-state index is 11.3. The third-order valence-corrected chi connectivity index (χ3v) is 2.49. The topological polar surface area (TPSA) is 75.6 Å². The first kappa shape index (κ1) is 13.8. The van der Waals surface area contributed by atoms with Crippen LogP contribution < -0.4 is 5.32 Å². The summed E-state index contributed by atoms with van der Waals surface area (Å²) in [5.41, 5.74) is -0.280. The minimum atomic E-state index is -1.27. The lowest BCUT2D eigenvalue weighted by Gasteiger charge is -2.11. The molecule has 0 aliphatic carbocycles. The third kappa shape index (κ3) is 3.33. The third-order valence-electron chi connectivity index (χ3n) is 1.86. The number of halogens is 2. The molecule has 1 aromatic rings. The molecule has 5 nitrogen and oxygen atoms in total. The molecule has 0 unspecified atom stereocenters. The summed E-state index contributed by atoms with van der Waals surface area (Å²) >= 11 is 11.5. The average Bonchev–Trinajstić information content (AvgIpc) is 2.23. The second-order valence-corrected chi connectivity index (χ2v) is 3.88. The molecule has 0 heterocycles. The van der Waals surface area contributed by atoms with Crippen molar-refractivity contribution in [3.05, 3.63) is 27.7 Å². The number of rotatable bonds is 4. The Hall–Kier alpha value is -1.30. The van der Waals surface area contributed by atoms with E-state index in [0.717, 1.165) is 0 Å². The van der Waals surface area contributed by atoms with Crippen molar-refractivity contribution in [1.29, 1.82) is 0 Å². The molecule has 0 radical (unpaired) electrons. The summed E-state index contributed by atoms with van der Waals surface area (Å²) in [4.78, 5) is 22.3. The summed E-state index contributed by atoms with van der Waals surface area (Å²) < 4.78 is 4.61. The van der Waals surface area contributed by atoms with Gasteiger partial charge in [0.25, 0.3) is 0 Å². The molecular weight excluding hydrogens is 269 g/mol. The Kier molecular flexibility index (Phi) is 4.74. The lowest BCUT2D eigenvalue weighted by atomic mass is 10.1. The van der Waals surface area contributed by atoms with Gasteiger partial charge in [0.05, 0.1) is 15.7 Å². The number of carbonyl (C=O) groups is 2. The molecule has 0 aliphatic heterocycles. The number of anilines is 1. The van der Waals surface area contributed by atoms with E-state index in [4.69, 9.17) is 28.3 Å². The van der Waals surface area contributed by atoms with Crippen LogP contribution in [0.5, 0.6) is 0 Å². The number of carbonyl (C=O) groups excluding carboxylic acids is 1. The monoisotopic (exact) mass is 277 g/mol. The molecule has 1 amide bonds. The molecule has 7 heteroatoms. The molecule has 0 aliphatic rings. The Morgan fingerprint density at radius 1 is 1.35 bits per heavy atom. The zero-order valence-electron chi connectivity index (χ0n) is 8.79. The molecule has 0 bridgehead atoms. The van der Waals surface area contributed by atoms with Crippen LogP contribution in [0.2, 0.25) is 10.0 Å². The molecule has 2 N–H and O–H groups in total. The number of methoxy groups -OCH3 is 1. The minimum absolute atomic E-state index is 0.00498. The van der Waals surface area contributed by atoms with Crippen LogP contribution >= 0.6 is 23.2 Å². The highest BCUT2D eigenvalue weighted by Gasteiger charge is 2.19. The zero-order valence-corrected chi connectivity index (χ0v) is 10.3. The molecule has 0 atom stereocenters. The number of hydrogen-bond acceptors (Lipinski definition) is 3. The average molecular weight is 278 g/mol. The maximum absolute atomic E-state index is 11.3. The fourth-order valence-corrected chi connectivity index (χ4v) is 1.63. The number of ether oxygens (including phenoxy) is 1. The van der Waals surface area contributed by atoms with Crippen molar-refractivity contribution < 1.29 is 19.4 Å². The number of nitrogens with one attached hydrogen (secondary N) is 1. The summed E-state index contributed by atoms with van der Waals surface area (Å²) in [5, 5.41) is 11.4. The Balaban J connectivity index is 3.16. The van der Waals surface area contributed by atoms with Gasteiger partial charge in [0.2, 0.25) is 5.91 Å². The highest BCUT2D eigenvalue weighted by atomic mass is 35.5. The number of carboxylic acid groups (broad SMARTS) is 1. The lowest BCUT2D eigenvalue weighted by molar-refractivity contribution is -0.119. The van der Waals surface area contributed by atoms with Crippen LogP contribution in [-0.4, -0.2) is 30.7 Å². The zero-order chi connectivity index (χ0) is 13.0. The molecule has 0 saturated heterocycles. The number of aromatic carboxylic acids is 1. The molecule has 92 valence electrons. The van der Waals surface area contributed by atoms with E-state index >= 15 is 0 Å². The van der Waals surface area contributed by atoms with Crippen LogP contribution in [0.25, 0.3) is 0 Å². The van der Waals surface area contributed by atoms with Gasteiger partial charge in [-0.3, -0.25) is 4.79 Å². The summed E-state index contributed by atoms with van der Waals surface area (Å²) in [6.07, 6.45) is 0. The molecule has 1 rings (SSSR count). The normalized spacial score (nSPS) is 10.1. The van der Waals surface area contributed by atoms with Gasteiger partial charge < -0.3 is 15.2 Å². The predicted octanol–water partition coefficient (Wildman–Crippen LogP) is 2.28. The van der Waals surface area contributed by atoms with Crippen LogP contribution in [0.1, 0.15) is 10.4 Å². The van der Waals surface area contributed by atoms with Gasteiger partial charge in [-0.05, 0) is 12.1 Å². The number of hydrogen-bond donors (Lipinski definition) is 2. The molecule has 1 aromatic carbocycles. The van der Waals surface area contributed by atoms with Crippen LogP contribution in [0.15, 0.2) is 12.1 Å². The fourth-order valence-electron chi connectivity index (χ4n) is 1.19. The first-order valence-electron chi connectivity index (χ1n) is 4.47. The number of carboxylic acids is 1. The first-order valence-corrected chi connectivity index (χ1v) is 5.23. The largest absolute Gasteiger partial charge is 0.478 e. The predicted molar refractivity (Wildman–Crippen MR) is 63.9 cm³/mol. The Bertz CT molecular complexity index is 462. The Morgan fingerprint density at radius 2 is 1.94 bits per heavy atom. The molecule has 0 saturated carbocycles. The number of amides is 1. The van der Waals surface area contributed by atoms with E-state index in [1.807, 2.05) is 0 Å². The standard InChI is InChI=1S/C10H9Cl2NO4/c1-17-4-7(14)13-9-6(12)3-2-5(11)8(9)10(15)16/h2-3H,4H2,1H3,(H,13,14)(H,15,16). The van der Waals surface area contributed by atoms with Gasteiger partial charge in [-0.2, -0.15) is 0 Å². The molecule has 0 fully saturated rings. The van der Waals surface area contributed by atoms with Crippen molar-refractivity contribution >= 4 is 40.8 Å². The highest BCUT2D eigenvalue weighted by Crippen LogP contribution is 2.31. The van der Waals surface area contributed by atoms with Gasteiger partial charge in [-0.1, -0.05) is 23.2 Å². The minimum Gasteiger partial charge on any atom is -0.478 e. The van der Waals surface area contributed by atoms with Gasteiger partial charge in [0.15, 0.2) is 0 Å². The van der Waals surface area contributed by atoms with Crippen LogP contribution in [0.3, 0.4) is 0 Å². The first-order chi connectivity index (χ1) is 7.97. The lowest BCUT2D eigenvalue weighted by Crippen LogP contribution is -2.19. The summed E-state index contributed by atoms with van der Waals surface area (Å²) in [5.74, 6) is -1.79. The second kappa shape index (κ2) is 5.86. The van der Waals surface area contributed by atoms with E-state index < -0.39 is 11.9 Å². The van der Waals surface area contributed by atoms with Crippen molar-refractivity contribution in [3.63, 3.8) is 0 Å². The van der Waals surface area contributed by atoms with Gasteiger partial charge in [0.1, 0.15) is 12.2 Å². The smallest absolute Gasteiger partial charge is 0.339 e. The second-order valence-electron chi connectivity index (χ2n) is 3.07. The van der Waals surface area contributed by atoms with Crippen LogP contribution in [0.4, 0.5) is 5.69 Å². The Morgan fingerprint density at radius 3 is 2.47 bits per heavy atom. The van der Waals surface area contributed by atoms with Crippen molar-refractivity contribution in [2.45, 2.75) is 0 Å². The van der Waals surface area contributed by atoms with E-state index in [1.165, 1.54) is 19.2 Å². The molecule has 0 spiro atoms. The van der Waals surface area contributed by atoms with E-state index in [1.54, 1.807) is 0 Å². The van der Waals surface area contributed by atoms with Gasteiger partial charge in [-0.15, -0.1) is 0 Å².